The van der Waals surface area contributed by atoms with Crippen LogP contribution >= 0.6 is 34.4 Å². The summed E-state index contributed by atoms with van der Waals surface area (Å²) in [5.41, 5.74) is 2.00. The predicted octanol–water partition coefficient (Wildman–Crippen LogP) is 3.17. The monoisotopic (exact) mass is 285 g/mol. The van der Waals surface area contributed by atoms with Gasteiger partial charge in [-0.3, -0.25) is 4.79 Å². The maximum absolute atomic E-state index is 10.5. The van der Waals surface area contributed by atoms with Gasteiger partial charge in [0.05, 0.1) is 12.1 Å². The molecule has 0 spiro atoms. The number of aromatic nitrogens is 1. The standard InChI is InChI=1S/C11H11NO2S3/c13-10(14)5-9-7-17-11(12-9)16-4-2-8-1-3-15-6-8/h1,3,6-7H,2,4-5H2,(H,13,14). The third kappa shape index (κ3) is 4.14. The van der Waals surface area contributed by atoms with Crippen LogP contribution in [0.3, 0.4) is 0 Å². The lowest BCUT2D eigenvalue weighted by Gasteiger charge is -1.95. The summed E-state index contributed by atoms with van der Waals surface area (Å²) in [5, 5.41) is 14.7. The SMILES string of the molecule is O=C(O)Cc1csc(SCCc2ccsc2)n1. The summed E-state index contributed by atoms with van der Waals surface area (Å²) in [6.45, 7) is 0. The molecule has 2 aromatic heterocycles. The van der Waals surface area contributed by atoms with Crippen molar-refractivity contribution in [3.8, 4) is 0 Å². The number of rotatable bonds is 6. The van der Waals surface area contributed by atoms with Crippen LogP contribution in [0, 0.1) is 0 Å². The summed E-state index contributed by atoms with van der Waals surface area (Å²) in [6, 6.07) is 2.13. The van der Waals surface area contributed by atoms with Crippen LogP contribution in [0.4, 0.5) is 0 Å². The van der Waals surface area contributed by atoms with E-state index in [1.54, 1.807) is 23.1 Å². The van der Waals surface area contributed by atoms with E-state index in [0.29, 0.717) is 5.69 Å². The lowest BCUT2D eigenvalue weighted by molar-refractivity contribution is -0.136. The van der Waals surface area contributed by atoms with Crippen molar-refractivity contribution >= 4 is 40.4 Å². The first-order valence-electron chi connectivity index (χ1n) is 5.04. The van der Waals surface area contributed by atoms with E-state index in [4.69, 9.17) is 5.11 Å². The second kappa shape index (κ2) is 6.18. The van der Waals surface area contributed by atoms with Gasteiger partial charge in [0.2, 0.25) is 0 Å². The minimum atomic E-state index is -0.829. The number of carbonyl (C=O) groups is 1. The number of aliphatic carboxylic acids is 1. The third-order valence-electron chi connectivity index (χ3n) is 2.06. The Morgan fingerprint density at radius 1 is 1.47 bits per heavy atom. The molecule has 2 heterocycles. The fourth-order valence-electron chi connectivity index (χ4n) is 1.28. The first kappa shape index (κ1) is 12.6. The minimum absolute atomic E-state index is 0.0155. The molecule has 0 aliphatic rings. The molecule has 0 atom stereocenters. The van der Waals surface area contributed by atoms with Crippen LogP contribution in [-0.4, -0.2) is 21.8 Å². The highest BCUT2D eigenvalue weighted by molar-refractivity contribution is 8.01. The highest BCUT2D eigenvalue weighted by Crippen LogP contribution is 2.24. The first-order chi connectivity index (χ1) is 8.24. The van der Waals surface area contributed by atoms with Crippen molar-refractivity contribution in [2.45, 2.75) is 17.2 Å². The molecule has 0 aliphatic heterocycles. The molecule has 0 fully saturated rings. The smallest absolute Gasteiger partial charge is 0.309 e. The van der Waals surface area contributed by atoms with Crippen molar-refractivity contribution in [1.29, 1.82) is 0 Å². The molecule has 0 aliphatic carbocycles. The third-order valence-corrected chi connectivity index (χ3v) is 4.86. The Labute approximate surface area is 112 Å². The summed E-state index contributed by atoms with van der Waals surface area (Å²) in [6.07, 6.45) is 1.05. The van der Waals surface area contributed by atoms with Gasteiger partial charge in [-0.2, -0.15) is 11.3 Å². The van der Waals surface area contributed by atoms with Gasteiger partial charge in [-0.15, -0.1) is 11.3 Å². The molecular weight excluding hydrogens is 274 g/mol. The topological polar surface area (TPSA) is 50.2 Å². The molecular formula is C11H11NO2S3. The maximum Gasteiger partial charge on any atom is 0.309 e. The normalized spacial score (nSPS) is 10.6. The molecule has 1 N–H and O–H groups in total. The lowest BCUT2D eigenvalue weighted by Crippen LogP contribution is -1.99. The fraction of sp³-hybridized carbons (Fsp3) is 0.273. The Bertz CT molecular complexity index is 479. The Balaban J connectivity index is 1.79. The van der Waals surface area contributed by atoms with E-state index < -0.39 is 5.97 Å². The van der Waals surface area contributed by atoms with Gasteiger partial charge >= 0.3 is 5.97 Å². The van der Waals surface area contributed by atoms with Gasteiger partial charge in [-0.1, -0.05) is 11.8 Å². The van der Waals surface area contributed by atoms with Gasteiger partial charge in [0.25, 0.3) is 0 Å². The lowest BCUT2D eigenvalue weighted by atomic mass is 10.3. The minimum Gasteiger partial charge on any atom is -0.481 e. The van der Waals surface area contributed by atoms with Crippen molar-refractivity contribution in [3.05, 3.63) is 33.5 Å². The number of hydrogen-bond donors (Lipinski definition) is 1. The highest BCUT2D eigenvalue weighted by Gasteiger charge is 2.06. The Morgan fingerprint density at radius 3 is 3.06 bits per heavy atom. The summed E-state index contributed by atoms with van der Waals surface area (Å²) in [5.74, 6) is 0.154. The van der Waals surface area contributed by atoms with E-state index in [0.717, 1.165) is 16.5 Å². The maximum atomic E-state index is 10.5. The number of thiophene rings is 1. The van der Waals surface area contributed by atoms with Crippen molar-refractivity contribution in [1.82, 2.24) is 4.98 Å². The number of carboxylic acid groups (broad SMARTS) is 1. The molecule has 17 heavy (non-hydrogen) atoms. The van der Waals surface area contributed by atoms with Crippen molar-refractivity contribution < 1.29 is 9.90 Å². The summed E-state index contributed by atoms with van der Waals surface area (Å²) in [7, 11) is 0. The molecule has 0 unspecified atom stereocenters. The Kier molecular flexibility index (Phi) is 4.58. The van der Waals surface area contributed by atoms with Crippen LogP contribution in [0.1, 0.15) is 11.3 Å². The van der Waals surface area contributed by atoms with E-state index in [1.165, 1.54) is 16.9 Å². The number of hydrogen-bond acceptors (Lipinski definition) is 5. The van der Waals surface area contributed by atoms with E-state index >= 15 is 0 Å². The average Bonchev–Trinajstić information content (AvgIpc) is 2.89. The highest BCUT2D eigenvalue weighted by atomic mass is 32.2. The second-order valence-electron chi connectivity index (χ2n) is 3.41. The average molecular weight is 285 g/mol. The van der Waals surface area contributed by atoms with E-state index in [9.17, 15) is 4.79 Å². The van der Waals surface area contributed by atoms with Crippen LogP contribution in [0.5, 0.6) is 0 Å². The van der Waals surface area contributed by atoms with Gasteiger partial charge in [0.1, 0.15) is 4.34 Å². The van der Waals surface area contributed by atoms with Crippen LogP contribution in [0.2, 0.25) is 0 Å². The van der Waals surface area contributed by atoms with Crippen molar-refractivity contribution in [2.75, 3.05) is 5.75 Å². The number of nitrogens with zero attached hydrogens (tertiary/aromatic N) is 1. The molecule has 3 nitrogen and oxygen atoms in total. The van der Waals surface area contributed by atoms with Gasteiger partial charge in [0.15, 0.2) is 0 Å². The van der Waals surface area contributed by atoms with Gasteiger partial charge in [-0.05, 0) is 28.8 Å². The van der Waals surface area contributed by atoms with Crippen LogP contribution in [0.25, 0.3) is 0 Å². The zero-order chi connectivity index (χ0) is 12.1. The number of thiazole rings is 1. The van der Waals surface area contributed by atoms with Crippen molar-refractivity contribution in [3.63, 3.8) is 0 Å². The van der Waals surface area contributed by atoms with Crippen LogP contribution in [-0.2, 0) is 17.6 Å². The largest absolute Gasteiger partial charge is 0.481 e. The summed E-state index contributed by atoms with van der Waals surface area (Å²) in [4.78, 5) is 14.8. The summed E-state index contributed by atoms with van der Waals surface area (Å²) >= 11 is 4.91. The summed E-state index contributed by atoms with van der Waals surface area (Å²) < 4.78 is 0.955. The molecule has 0 amide bonds. The Morgan fingerprint density at radius 2 is 2.35 bits per heavy atom. The Hall–Kier alpha value is -0.850. The van der Waals surface area contributed by atoms with Crippen LogP contribution < -0.4 is 0 Å². The predicted molar refractivity (Wildman–Crippen MR) is 72.2 cm³/mol. The zero-order valence-corrected chi connectivity index (χ0v) is 11.4. The van der Waals surface area contributed by atoms with Crippen molar-refractivity contribution in [2.24, 2.45) is 0 Å². The van der Waals surface area contributed by atoms with Gasteiger partial charge in [0, 0.05) is 11.1 Å². The van der Waals surface area contributed by atoms with Gasteiger partial charge in [-0.25, -0.2) is 4.98 Å². The number of carboxylic acids is 1. The molecule has 2 aromatic rings. The fourth-order valence-corrected chi connectivity index (χ4v) is 3.89. The number of thioether (sulfide) groups is 1. The van der Waals surface area contributed by atoms with E-state index in [1.807, 2.05) is 5.38 Å². The van der Waals surface area contributed by atoms with E-state index in [-0.39, 0.29) is 6.42 Å². The molecule has 0 saturated carbocycles. The molecule has 0 bridgehead atoms. The molecule has 0 saturated heterocycles. The number of aryl methyl sites for hydroxylation is 1. The quantitative estimate of drug-likeness (QED) is 0.828. The second-order valence-corrected chi connectivity index (χ2v) is 6.39. The zero-order valence-electron chi connectivity index (χ0n) is 8.96. The first-order valence-corrected chi connectivity index (χ1v) is 7.85. The molecule has 0 aromatic carbocycles. The molecule has 6 heteroatoms. The molecule has 0 radical (unpaired) electrons. The van der Waals surface area contributed by atoms with Crippen LogP contribution in [0.15, 0.2) is 26.5 Å². The molecule has 90 valence electrons. The van der Waals surface area contributed by atoms with Gasteiger partial charge < -0.3 is 5.11 Å². The molecule has 2 rings (SSSR count). The van der Waals surface area contributed by atoms with E-state index in [2.05, 4.69) is 21.8 Å².